The molecule has 136 valence electrons. The molecule has 1 fully saturated rings. The molecule has 2 aromatic rings. The maximum absolute atomic E-state index is 10.3. The maximum Gasteiger partial charge on any atom is 0.0696 e. The zero-order valence-electron chi connectivity index (χ0n) is 15.2. The fourth-order valence-electron chi connectivity index (χ4n) is 3.74. The van der Waals surface area contributed by atoms with Gasteiger partial charge in [-0.1, -0.05) is 61.5 Å². The molecule has 2 N–H and O–H groups in total. The minimum absolute atomic E-state index is 0. The number of hydrogen-bond acceptors (Lipinski definition) is 2. The summed E-state index contributed by atoms with van der Waals surface area (Å²) in [6, 6.07) is 20.1. The van der Waals surface area contributed by atoms with Crippen molar-refractivity contribution >= 4 is 12.4 Å². The van der Waals surface area contributed by atoms with Crippen molar-refractivity contribution in [3.63, 3.8) is 0 Å². The Balaban J connectivity index is 0.00000225. The monoisotopic (exact) mass is 359 g/mol. The molecule has 2 aromatic carbocycles. The van der Waals surface area contributed by atoms with E-state index in [2.05, 4.69) is 67.7 Å². The van der Waals surface area contributed by atoms with E-state index in [1.54, 1.807) is 0 Å². The van der Waals surface area contributed by atoms with Crippen molar-refractivity contribution < 1.29 is 5.11 Å². The van der Waals surface area contributed by atoms with Crippen LogP contribution in [0.15, 0.2) is 54.6 Å². The van der Waals surface area contributed by atoms with Crippen molar-refractivity contribution in [2.45, 2.75) is 57.7 Å². The van der Waals surface area contributed by atoms with E-state index in [-0.39, 0.29) is 24.6 Å². The maximum atomic E-state index is 10.3. The molecule has 1 saturated carbocycles. The highest BCUT2D eigenvalue weighted by atomic mass is 35.5. The summed E-state index contributed by atoms with van der Waals surface area (Å²) in [6.07, 6.45) is 3.95. The van der Waals surface area contributed by atoms with Crippen LogP contribution in [0.3, 0.4) is 0 Å². The molecule has 25 heavy (non-hydrogen) atoms. The third-order valence-corrected chi connectivity index (χ3v) is 5.32. The third-order valence-electron chi connectivity index (χ3n) is 5.32. The minimum atomic E-state index is -0.201. The van der Waals surface area contributed by atoms with Crippen LogP contribution in [0.5, 0.6) is 0 Å². The van der Waals surface area contributed by atoms with Crippen molar-refractivity contribution in [3.05, 3.63) is 60.2 Å². The fourth-order valence-corrected chi connectivity index (χ4v) is 3.74. The normalized spacial score (nSPS) is 23.9. The molecule has 2 nitrogen and oxygen atoms in total. The van der Waals surface area contributed by atoms with E-state index in [0.29, 0.717) is 12.0 Å². The Morgan fingerprint density at radius 2 is 1.64 bits per heavy atom. The molecule has 0 aliphatic heterocycles. The largest absolute Gasteiger partial charge is 0.391 e. The van der Waals surface area contributed by atoms with Crippen LogP contribution in [0.4, 0.5) is 0 Å². The molecule has 1 unspecified atom stereocenters. The Kier molecular flexibility index (Phi) is 7.49. The van der Waals surface area contributed by atoms with Gasteiger partial charge in [-0.15, -0.1) is 12.4 Å². The lowest BCUT2D eigenvalue weighted by Gasteiger charge is -2.21. The van der Waals surface area contributed by atoms with Crippen LogP contribution < -0.4 is 5.32 Å². The van der Waals surface area contributed by atoms with Gasteiger partial charge < -0.3 is 10.4 Å². The van der Waals surface area contributed by atoms with Crippen LogP contribution in [0.25, 0.3) is 11.1 Å². The lowest BCUT2D eigenvalue weighted by atomic mass is 9.96. The molecule has 0 heterocycles. The Morgan fingerprint density at radius 3 is 2.28 bits per heavy atom. The second-order valence-corrected chi connectivity index (χ2v) is 7.25. The molecule has 0 spiro atoms. The molecule has 0 radical (unpaired) electrons. The molecule has 0 saturated heterocycles. The SMILES string of the molecule is CCC(C)N[C@@H]1C[C@@H](Cc2ccc(-c3ccccc3)cc2)C[C@H]1O.Cl. The topological polar surface area (TPSA) is 32.3 Å². The third kappa shape index (κ3) is 5.31. The summed E-state index contributed by atoms with van der Waals surface area (Å²) in [5.41, 5.74) is 3.90. The highest BCUT2D eigenvalue weighted by Crippen LogP contribution is 2.30. The van der Waals surface area contributed by atoms with Gasteiger partial charge in [-0.05, 0) is 55.2 Å². The molecule has 3 rings (SSSR count). The van der Waals surface area contributed by atoms with Crippen molar-refractivity contribution in [1.82, 2.24) is 5.32 Å². The predicted octanol–water partition coefficient (Wildman–Crippen LogP) is 4.85. The summed E-state index contributed by atoms with van der Waals surface area (Å²) in [5, 5.41) is 13.9. The van der Waals surface area contributed by atoms with E-state index in [4.69, 9.17) is 0 Å². The highest BCUT2D eigenvalue weighted by molar-refractivity contribution is 5.85. The standard InChI is InChI=1S/C22H29NO.ClH/c1-3-16(2)23-21-14-18(15-22(21)24)13-17-9-11-20(12-10-17)19-7-5-4-6-8-19;/h4-12,16,18,21-24H,3,13-15H2,1-2H3;1H/t16?,18-,21-,22-;/m1./s1. The number of aliphatic hydroxyl groups is 1. The van der Waals surface area contributed by atoms with E-state index >= 15 is 0 Å². The number of benzene rings is 2. The molecule has 0 bridgehead atoms. The van der Waals surface area contributed by atoms with Gasteiger partial charge >= 0.3 is 0 Å². The summed E-state index contributed by atoms with van der Waals surface area (Å²) >= 11 is 0. The van der Waals surface area contributed by atoms with Crippen LogP contribution in [0, 0.1) is 5.92 Å². The average Bonchev–Trinajstić information content (AvgIpc) is 2.95. The quantitative estimate of drug-likeness (QED) is 0.773. The van der Waals surface area contributed by atoms with Gasteiger partial charge in [-0.2, -0.15) is 0 Å². The molecule has 3 heteroatoms. The molecule has 0 aromatic heterocycles. The first-order valence-corrected chi connectivity index (χ1v) is 9.24. The van der Waals surface area contributed by atoms with Crippen LogP contribution in [-0.4, -0.2) is 23.3 Å². The first-order chi connectivity index (χ1) is 11.7. The fraction of sp³-hybridized carbons (Fsp3) is 0.455. The van der Waals surface area contributed by atoms with Gasteiger partial charge in [0.25, 0.3) is 0 Å². The van der Waals surface area contributed by atoms with Crippen molar-refractivity contribution in [3.8, 4) is 11.1 Å². The van der Waals surface area contributed by atoms with Crippen LogP contribution in [-0.2, 0) is 6.42 Å². The molecule has 0 amide bonds. The van der Waals surface area contributed by atoms with Gasteiger partial charge in [-0.25, -0.2) is 0 Å². The van der Waals surface area contributed by atoms with Gasteiger partial charge in [0.2, 0.25) is 0 Å². The Morgan fingerprint density at radius 1 is 1.00 bits per heavy atom. The van der Waals surface area contributed by atoms with E-state index in [0.717, 1.165) is 25.7 Å². The molecular formula is C22H30ClNO. The summed E-state index contributed by atoms with van der Waals surface area (Å²) in [4.78, 5) is 0. The lowest BCUT2D eigenvalue weighted by molar-refractivity contribution is 0.141. The number of aliphatic hydroxyl groups excluding tert-OH is 1. The number of rotatable bonds is 6. The molecular weight excluding hydrogens is 330 g/mol. The lowest BCUT2D eigenvalue weighted by Crippen LogP contribution is -2.40. The predicted molar refractivity (Wildman–Crippen MR) is 108 cm³/mol. The van der Waals surface area contributed by atoms with Crippen LogP contribution in [0.1, 0.15) is 38.7 Å². The second-order valence-electron chi connectivity index (χ2n) is 7.25. The van der Waals surface area contributed by atoms with Gasteiger partial charge in [-0.3, -0.25) is 0 Å². The van der Waals surface area contributed by atoms with Crippen molar-refractivity contribution in [2.24, 2.45) is 5.92 Å². The van der Waals surface area contributed by atoms with E-state index in [9.17, 15) is 5.11 Å². The number of nitrogens with one attached hydrogen (secondary N) is 1. The van der Waals surface area contributed by atoms with Gasteiger partial charge in [0.15, 0.2) is 0 Å². The zero-order chi connectivity index (χ0) is 16.9. The summed E-state index contributed by atoms with van der Waals surface area (Å²) in [6.45, 7) is 4.38. The van der Waals surface area contributed by atoms with Crippen LogP contribution >= 0.6 is 12.4 Å². The second kappa shape index (κ2) is 9.38. The van der Waals surface area contributed by atoms with Gasteiger partial charge in [0.1, 0.15) is 0 Å². The minimum Gasteiger partial charge on any atom is -0.391 e. The summed E-state index contributed by atoms with van der Waals surface area (Å²) in [7, 11) is 0. The molecule has 4 atom stereocenters. The van der Waals surface area contributed by atoms with E-state index < -0.39 is 0 Å². The molecule has 1 aliphatic carbocycles. The number of halogens is 1. The van der Waals surface area contributed by atoms with Crippen LogP contribution in [0.2, 0.25) is 0 Å². The Labute approximate surface area is 158 Å². The summed E-state index contributed by atoms with van der Waals surface area (Å²) in [5.74, 6) is 0.573. The Bertz CT molecular complexity index is 628. The average molecular weight is 360 g/mol. The number of hydrogen-bond donors (Lipinski definition) is 2. The first kappa shape index (κ1) is 20.0. The summed E-state index contributed by atoms with van der Waals surface area (Å²) < 4.78 is 0. The van der Waals surface area contributed by atoms with Gasteiger partial charge in [0.05, 0.1) is 6.10 Å². The smallest absolute Gasteiger partial charge is 0.0696 e. The van der Waals surface area contributed by atoms with Crippen molar-refractivity contribution in [2.75, 3.05) is 0 Å². The van der Waals surface area contributed by atoms with E-state index in [1.165, 1.54) is 16.7 Å². The van der Waals surface area contributed by atoms with E-state index in [1.807, 2.05) is 6.07 Å². The zero-order valence-corrected chi connectivity index (χ0v) is 16.0. The highest BCUT2D eigenvalue weighted by Gasteiger charge is 2.33. The molecule has 1 aliphatic rings. The van der Waals surface area contributed by atoms with Crippen molar-refractivity contribution in [1.29, 1.82) is 0 Å². The Hall–Kier alpha value is -1.35. The first-order valence-electron chi connectivity index (χ1n) is 9.24. The van der Waals surface area contributed by atoms with Gasteiger partial charge in [0, 0.05) is 12.1 Å².